The van der Waals surface area contributed by atoms with Crippen LogP contribution in [0.15, 0.2) is 54.6 Å². The topological polar surface area (TPSA) is 80.5 Å². The molecule has 0 aromatic heterocycles. The Bertz CT molecular complexity index is 878. The van der Waals surface area contributed by atoms with Gasteiger partial charge in [0.2, 0.25) is 5.91 Å². The fourth-order valence-electron chi connectivity index (χ4n) is 3.96. The van der Waals surface area contributed by atoms with Crippen molar-refractivity contribution in [2.75, 3.05) is 13.1 Å². The van der Waals surface area contributed by atoms with Crippen LogP contribution in [0.25, 0.3) is 0 Å². The lowest BCUT2D eigenvalue weighted by atomic mass is 9.89. The summed E-state index contributed by atoms with van der Waals surface area (Å²) >= 11 is 0. The van der Waals surface area contributed by atoms with Crippen molar-refractivity contribution in [3.63, 3.8) is 0 Å². The van der Waals surface area contributed by atoms with Crippen molar-refractivity contribution in [1.82, 2.24) is 4.90 Å². The minimum absolute atomic E-state index is 0.00595. The summed E-state index contributed by atoms with van der Waals surface area (Å²) in [5.74, 6) is -2.12. The third kappa shape index (κ3) is 8.16. The van der Waals surface area contributed by atoms with Crippen molar-refractivity contribution in [1.29, 1.82) is 0 Å². The van der Waals surface area contributed by atoms with Crippen LogP contribution in [-0.2, 0) is 4.79 Å². The van der Waals surface area contributed by atoms with Crippen LogP contribution in [0.4, 0.5) is 0 Å². The average Bonchev–Trinajstić information content (AvgIpc) is 2.83. The molecule has 1 unspecified atom stereocenters. The molecule has 2 rings (SSSR count). The molecule has 0 saturated heterocycles. The molecule has 2 N–H and O–H groups in total. The molecule has 0 aliphatic heterocycles. The van der Waals surface area contributed by atoms with E-state index in [9.17, 15) is 14.4 Å². The summed E-state index contributed by atoms with van der Waals surface area (Å²) < 4.78 is 0. The Morgan fingerprint density at radius 1 is 0.727 bits per heavy atom. The van der Waals surface area contributed by atoms with Crippen molar-refractivity contribution in [3.05, 3.63) is 71.3 Å². The van der Waals surface area contributed by atoms with Gasteiger partial charge in [-0.3, -0.25) is 14.4 Å². The van der Waals surface area contributed by atoms with Crippen molar-refractivity contribution in [2.24, 2.45) is 5.73 Å². The molecule has 33 heavy (non-hydrogen) atoms. The van der Waals surface area contributed by atoms with Gasteiger partial charge in [0.25, 0.3) is 5.91 Å². The largest absolute Gasteiger partial charge is 0.369 e. The fraction of sp³-hybridized carbons (Fsp3) is 0.464. The summed E-state index contributed by atoms with van der Waals surface area (Å²) in [6.07, 6.45) is 9.10. The Balaban J connectivity index is 2.09. The van der Waals surface area contributed by atoms with Crippen molar-refractivity contribution in [3.8, 4) is 0 Å². The molecule has 1 atom stereocenters. The number of ketones is 1. The van der Waals surface area contributed by atoms with Gasteiger partial charge in [0.05, 0.1) is 0 Å². The number of Topliss-reactive ketones (excluding diaryl/α,β-unsaturated/α-hetero) is 1. The smallest absolute Gasteiger partial charge is 0.253 e. The van der Waals surface area contributed by atoms with E-state index >= 15 is 0 Å². The molecule has 2 aromatic rings. The van der Waals surface area contributed by atoms with E-state index in [-0.39, 0.29) is 11.7 Å². The van der Waals surface area contributed by atoms with Gasteiger partial charge in [-0.1, -0.05) is 94.8 Å². The van der Waals surface area contributed by atoms with E-state index in [1.165, 1.54) is 25.7 Å². The fourth-order valence-corrected chi connectivity index (χ4v) is 3.96. The number of carbonyl (C=O) groups excluding carboxylic acids is 3. The maximum Gasteiger partial charge on any atom is 0.253 e. The number of nitrogens with zero attached hydrogens (tertiary/aromatic N) is 1. The molecule has 0 saturated carbocycles. The normalized spacial score (nSPS) is 11.7. The highest BCUT2D eigenvalue weighted by Crippen LogP contribution is 2.22. The molecule has 0 aliphatic rings. The van der Waals surface area contributed by atoms with Crippen LogP contribution in [0.5, 0.6) is 0 Å². The molecule has 2 amide bonds. The second-order valence-electron chi connectivity index (χ2n) is 8.60. The summed E-state index contributed by atoms with van der Waals surface area (Å²) in [6.45, 7) is 5.82. The highest BCUT2D eigenvalue weighted by atomic mass is 16.2. The molecular formula is C28H38N2O3. The highest BCUT2D eigenvalue weighted by molar-refractivity contribution is 6.14. The van der Waals surface area contributed by atoms with Gasteiger partial charge in [-0.2, -0.15) is 0 Å². The van der Waals surface area contributed by atoms with Gasteiger partial charge in [-0.15, -0.1) is 0 Å². The highest BCUT2D eigenvalue weighted by Gasteiger charge is 2.27. The van der Waals surface area contributed by atoms with Gasteiger partial charge in [0, 0.05) is 24.2 Å². The number of hydrogen-bond donors (Lipinski definition) is 1. The Kier molecular flexibility index (Phi) is 11.4. The molecule has 2 aromatic carbocycles. The third-order valence-electron chi connectivity index (χ3n) is 5.95. The molecule has 5 nitrogen and oxygen atoms in total. The molecule has 0 radical (unpaired) electrons. The van der Waals surface area contributed by atoms with Crippen LogP contribution in [0.3, 0.4) is 0 Å². The number of primary amides is 1. The second kappa shape index (κ2) is 14.2. The van der Waals surface area contributed by atoms with Gasteiger partial charge >= 0.3 is 0 Å². The predicted octanol–water partition coefficient (Wildman–Crippen LogP) is 5.74. The minimum atomic E-state index is -1.07. The predicted molar refractivity (Wildman–Crippen MR) is 133 cm³/mol. The molecule has 0 aliphatic carbocycles. The van der Waals surface area contributed by atoms with Gasteiger partial charge in [0.1, 0.15) is 5.92 Å². The number of benzene rings is 2. The van der Waals surface area contributed by atoms with Crippen LogP contribution in [0.1, 0.15) is 97.4 Å². The second-order valence-corrected chi connectivity index (χ2v) is 8.60. The number of unbranched alkanes of at least 4 members (excludes halogenated alkanes) is 6. The number of nitrogens with two attached hydrogens (primary N) is 1. The zero-order valence-electron chi connectivity index (χ0n) is 20.1. The van der Waals surface area contributed by atoms with Crippen LogP contribution < -0.4 is 5.73 Å². The maximum atomic E-state index is 13.2. The van der Waals surface area contributed by atoms with Crippen LogP contribution in [0, 0.1) is 0 Å². The monoisotopic (exact) mass is 450 g/mol. The number of hydrogen-bond acceptors (Lipinski definition) is 3. The first-order valence-corrected chi connectivity index (χ1v) is 12.3. The van der Waals surface area contributed by atoms with Gasteiger partial charge < -0.3 is 10.6 Å². The molecule has 5 heteroatoms. The zero-order chi connectivity index (χ0) is 24.1. The van der Waals surface area contributed by atoms with Crippen LogP contribution in [0.2, 0.25) is 0 Å². The van der Waals surface area contributed by atoms with Crippen molar-refractivity contribution >= 4 is 17.6 Å². The maximum absolute atomic E-state index is 13.2. The lowest BCUT2D eigenvalue weighted by molar-refractivity contribution is -0.118. The van der Waals surface area contributed by atoms with Crippen molar-refractivity contribution in [2.45, 2.75) is 71.1 Å². The van der Waals surface area contributed by atoms with E-state index < -0.39 is 11.8 Å². The van der Waals surface area contributed by atoms with E-state index in [1.807, 2.05) is 11.0 Å². The summed E-state index contributed by atoms with van der Waals surface area (Å²) in [5, 5.41) is 0. The molecule has 0 fully saturated rings. The Hall–Kier alpha value is -2.95. The molecule has 0 spiro atoms. The first-order chi connectivity index (χ1) is 16.0. The van der Waals surface area contributed by atoms with Crippen LogP contribution in [-0.4, -0.2) is 35.6 Å². The quantitative estimate of drug-likeness (QED) is 0.213. The molecule has 178 valence electrons. The zero-order valence-corrected chi connectivity index (χ0v) is 20.1. The summed E-state index contributed by atoms with van der Waals surface area (Å²) in [6, 6.07) is 15.4. The number of amides is 2. The first-order valence-electron chi connectivity index (χ1n) is 12.3. The van der Waals surface area contributed by atoms with E-state index in [2.05, 4.69) is 13.8 Å². The number of rotatable bonds is 15. The van der Waals surface area contributed by atoms with Crippen LogP contribution >= 0.6 is 0 Å². The SMILES string of the molecule is CCCCCCCCN(CCCC)C(=O)c1ccc(C(C(N)=O)C(=O)c2ccccc2)cc1. The summed E-state index contributed by atoms with van der Waals surface area (Å²) in [4.78, 5) is 40.1. The molecule has 0 bridgehead atoms. The molecular weight excluding hydrogens is 412 g/mol. The van der Waals surface area contributed by atoms with E-state index in [1.54, 1.807) is 48.5 Å². The first kappa shape index (κ1) is 26.3. The lowest BCUT2D eigenvalue weighted by Crippen LogP contribution is -2.33. The van der Waals surface area contributed by atoms with E-state index in [0.717, 1.165) is 38.8 Å². The molecule has 0 heterocycles. The van der Waals surface area contributed by atoms with Crippen molar-refractivity contribution < 1.29 is 14.4 Å². The Labute approximate surface area is 198 Å². The average molecular weight is 451 g/mol. The lowest BCUT2D eigenvalue weighted by Gasteiger charge is -2.23. The number of carbonyl (C=O) groups is 3. The Morgan fingerprint density at radius 2 is 1.30 bits per heavy atom. The Morgan fingerprint density at radius 3 is 1.91 bits per heavy atom. The third-order valence-corrected chi connectivity index (χ3v) is 5.95. The minimum Gasteiger partial charge on any atom is -0.369 e. The van der Waals surface area contributed by atoms with Gasteiger partial charge in [0.15, 0.2) is 5.78 Å². The van der Waals surface area contributed by atoms with E-state index in [4.69, 9.17) is 5.73 Å². The van der Waals surface area contributed by atoms with Gasteiger partial charge in [-0.05, 0) is 30.5 Å². The standard InChI is InChI=1S/C28H38N2O3/c1-3-5-7-8-9-13-21-30(20-6-4-2)28(33)24-18-16-22(17-19-24)25(27(29)32)26(31)23-14-11-10-12-15-23/h10-12,14-19,25H,3-9,13,20-21H2,1-2H3,(H2,29,32). The van der Waals surface area contributed by atoms with E-state index in [0.29, 0.717) is 16.7 Å². The summed E-state index contributed by atoms with van der Waals surface area (Å²) in [5.41, 5.74) is 7.08. The van der Waals surface area contributed by atoms with Gasteiger partial charge in [-0.25, -0.2) is 0 Å². The summed E-state index contributed by atoms with van der Waals surface area (Å²) in [7, 11) is 0.